The molecular weight excluding hydrogens is 577 g/mol. The molecule has 230 valence electrons. The van der Waals surface area contributed by atoms with Crippen LogP contribution in [-0.4, -0.2) is 64.6 Å². The lowest BCUT2D eigenvalue weighted by atomic mass is 10.1. The predicted octanol–water partition coefficient (Wildman–Crippen LogP) is 6.32. The average molecular weight is 610 g/mol. The fourth-order valence-electron chi connectivity index (χ4n) is 5.33. The van der Waals surface area contributed by atoms with Crippen LogP contribution in [0.3, 0.4) is 0 Å². The fraction of sp³-hybridized carbons (Fsp3) is 0.242. The van der Waals surface area contributed by atoms with Crippen LogP contribution in [0.5, 0.6) is 23.0 Å². The van der Waals surface area contributed by atoms with E-state index in [9.17, 15) is 9.18 Å². The number of carbonyl (C=O) groups is 1. The summed E-state index contributed by atoms with van der Waals surface area (Å²) in [4.78, 5) is 32.3. The van der Waals surface area contributed by atoms with Crippen LogP contribution in [0.25, 0.3) is 21.9 Å². The van der Waals surface area contributed by atoms with Gasteiger partial charge < -0.3 is 24.8 Å². The third kappa shape index (κ3) is 6.31. The van der Waals surface area contributed by atoms with Gasteiger partial charge in [0.05, 0.1) is 42.1 Å². The minimum atomic E-state index is -0.856. The van der Waals surface area contributed by atoms with Gasteiger partial charge in [-0.15, -0.1) is 0 Å². The maximum atomic E-state index is 14.9. The molecule has 11 nitrogen and oxygen atoms in total. The molecule has 1 unspecified atom stereocenters. The van der Waals surface area contributed by atoms with Gasteiger partial charge in [-0.3, -0.25) is 19.7 Å². The molecular formula is C33H32FN7O4. The maximum Gasteiger partial charge on any atom is 0.284 e. The molecule has 0 aliphatic carbocycles. The first-order valence-electron chi connectivity index (χ1n) is 14.4. The lowest BCUT2D eigenvalue weighted by molar-refractivity contribution is -0.114. The van der Waals surface area contributed by atoms with E-state index in [0.717, 1.165) is 36.0 Å². The Morgan fingerprint density at radius 3 is 2.47 bits per heavy atom. The Balaban J connectivity index is 1.28. The number of aromatic nitrogens is 4. The number of likely N-dealkylation sites (N-methyl/N-ethyl adjacent to an activating group) is 1. The summed E-state index contributed by atoms with van der Waals surface area (Å²) >= 11 is 0. The van der Waals surface area contributed by atoms with Crippen LogP contribution in [0.2, 0.25) is 0 Å². The number of rotatable bonds is 9. The van der Waals surface area contributed by atoms with Gasteiger partial charge in [0.1, 0.15) is 35.1 Å². The number of halogens is 1. The number of fused-ring (bicyclic) bond motifs is 2. The molecule has 2 aromatic heterocycles. The van der Waals surface area contributed by atoms with Crippen LogP contribution < -0.4 is 24.8 Å². The highest BCUT2D eigenvalue weighted by Crippen LogP contribution is 2.39. The molecule has 0 saturated carbocycles. The quantitative estimate of drug-likeness (QED) is 0.184. The van der Waals surface area contributed by atoms with Gasteiger partial charge in [-0.05, 0) is 69.3 Å². The van der Waals surface area contributed by atoms with E-state index in [1.165, 1.54) is 19.5 Å². The van der Waals surface area contributed by atoms with Gasteiger partial charge in [-0.25, -0.2) is 14.4 Å². The first-order valence-corrected chi connectivity index (χ1v) is 14.4. The molecule has 1 fully saturated rings. The van der Waals surface area contributed by atoms with E-state index in [2.05, 4.69) is 30.6 Å². The van der Waals surface area contributed by atoms with Crippen molar-refractivity contribution >= 4 is 45.0 Å². The van der Waals surface area contributed by atoms with Crippen LogP contribution in [0.1, 0.15) is 18.4 Å². The summed E-state index contributed by atoms with van der Waals surface area (Å²) < 4.78 is 32.3. The summed E-state index contributed by atoms with van der Waals surface area (Å²) in [5.74, 6) is 0.794. The number of anilines is 3. The van der Waals surface area contributed by atoms with Gasteiger partial charge in [0.25, 0.3) is 5.91 Å². The van der Waals surface area contributed by atoms with Crippen molar-refractivity contribution in [2.24, 2.45) is 0 Å². The predicted molar refractivity (Wildman–Crippen MR) is 170 cm³/mol. The summed E-state index contributed by atoms with van der Waals surface area (Å²) in [6.45, 7) is 2.78. The highest BCUT2D eigenvalue weighted by atomic mass is 19.1. The number of hydrogen-bond donors (Lipinski definition) is 2. The van der Waals surface area contributed by atoms with Gasteiger partial charge in [-0.2, -0.15) is 0 Å². The molecule has 1 atom stereocenters. The van der Waals surface area contributed by atoms with Gasteiger partial charge >= 0.3 is 0 Å². The Labute approximate surface area is 259 Å². The molecule has 6 rings (SSSR count). The molecule has 1 aliphatic rings. The molecule has 0 radical (unpaired) electrons. The lowest BCUT2D eigenvalue weighted by Crippen LogP contribution is -2.24. The minimum Gasteiger partial charge on any atom is -0.494 e. The van der Waals surface area contributed by atoms with E-state index in [-0.39, 0.29) is 11.7 Å². The molecule has 3 heterocycles. The SMILES string of the molecule is COc1cc2ncnc(Nc3cc(C)c(Oc4ccc5nccnc5c4)cc3OC)c2cc1NC(=O)/C(F)=C\C1CCCN1C. The van der Waals surface area contributed by atoms with E-state index >= 15 is 0 Å². The second-order valence-electron chi connectivity index (χ2n) is 10.7. The second-order valence-corrected chi connectivity index (χ2v) is 10.7. The number of likely N-dealkylation sites (tertiary alicyclic amines) is 1. The Bertz CT molecular complexity index is 1930. The van der Waals surface area contributed by atoms with Crippen molar-refractivity contribution < 1.29 is 23.4 Å². The summed E-state index contributed by atoms with van der Waals surface area (Å²) in [6, 6.07) is 12.4. The largest absolute Gasteiger partial charge is 0.494 e. The second kappa shape index (κ2) is 12.7. The monoisotopic (exact) mass is 609 g/mol. The molecule has 12 heteroatoms. The van der Waals surface area contributed by atoms with Gasteiger partial charge in [0.2, 0.25) is 0 Å². The third-order valence-corrected chi connectivity index (χ3v) is 7.76. The highest BCUT2D eigenvalue weighted by Gasteiger charge is 2.22. The number of amides is 1. The van der Waals surface area contributed by atoms with Gasteiger partial charge in [-0.1, -0.05) is 0 Å². The summed E-state index contributed by atoms with van der Waals surface area (Å²) in [6.07, 6.45) is 7.82. The van der Waals surface area contributed by atoms with Crippen LogP contribution in [0.15, 0.2) is 73.1 Å². The van der Waals surface area contributed by atoms with Crippen LogP contribution in [-0.2, 0) is 4.79 Å². The summed E-state index contributed by atoms with van der Waals surface area (Å²) in [7, 11) is 4.95. The number of nitrogens with zero attached hydrogens (tertiary/aromatic N) is 5. The van der Waals surface area contributed by atoms with Crippen molar-refractivity contribution in [2.45, 2.75) is 25.8 Å². The van der Waals surface area contributed by atoms with Gasteiger partial charge in [0.15, 0.2) is 5.83 Å². The summed E-state index contributed by atoms with van der Waals surface area (Å²) in [5.41, 5.74) is 3.79. The topological polar surface area (TPSA) is 124 Å². The number of nitrogens with one attached hydrogen (secondary N) is 2. The van der Waals surface area contributed by atoms with E-state index in [0.29, 0.717) is 45.4 Å². The number of methoxy groups -OCH3 is 2. The number of ether oxygens (including phenoxy) is 3. The molecule has 1 amide bonds. The van der Waals surface area contributed by atoms with E-state index in [1.54, 1.807) is 37.7 Å². The zero-order chi connectivity index (χ0) is 31.5. The highest BCUT2D eigenvalue weighted by molar-refractivity contribution is 6.05. The number of carbonyl (C=O) groups excluding carboxylic acids is 1. The van der Waals surface area contributed by atoms with E-state index in [1.807, 2.05) is 43.1 Å². The number of hydrogen-bond acceptors (Lipinski definition) is 10. The van der Waals surface area contributed by atoms with Crippen molar-refractivity contribution in [2.75, 3.05) is 38.4 Å². The molecule has 5 aromatic rings. The zero-order valence-corrected chi connectivity index (χ0v) is 25.3. The van der Waals surface area contributed by atoms with Gasteiger partial charge in [0, 0.05) is 42.0 Å². The normalized spacial score (nSPS) is 15.3. The first kappa shape index (κ1) is 29.7. The van der Waals surface area contributed by atoms with E-state index < -0.39 is 11.7 Å². The van der Waals surface area contributed by atoms with Crippen LogP contribution in [0, 0.1) is 6.92 Å². The molecule has 3 aromatic carbocycles. The fourth-order valence-corrected chi connectivity index (χ4v) is 5.33. The molecule has 0 spiro atoms. The molecule has 1 saturated heterocycles. The Kier molecular flexibility index (Phi) is 8.39. The minimum absolute atomic E-state index is 0.115. The Morgan fingerprint density at radius 1 is 0.933 bits per heavy atom. The average Bonchev–Trinajstić information content (AvgIpc) is 3.45. The number of benzene rings is 3. The molecule has 2 N–H and O–H groups in total. The van der Waals surface area contributed by atoms with Crippen molar-refractivity contribution in [3.63, 3.8) is 0 Å². The number of aryl methyl sites for hydroxylation is 1. The lowest BCUT2D eigenvalue weighted by Gasteiger charge is -2.17. The first-order chi connectivity index (χ1) is 21.8. The van der Waals surface area contributed by atoms with Crippen molar-refractivity contribution in [1.82, 2.24) is 24.8 Å². The molecule has 0 bridgehead atoms. The summed E-state index contributed by atoms with van der Waals surface area (Å²) in [5, 5.41) is 6.54. The van der Waals surface area contributed by atoms with Crippen LogP contribution in [0.4, 0.5) is 21.6 Å². The smallest absolute Gasteiger partial charge is 0.284 e. The van der Waals surface area contributed by atoms with Crippen molar-refractivity contribution in [3.8, 4) is 23.0 Å². The van der Waals surface area contributed by atoms with Crippen molar-refractivity contribution in [1.29, 1.82) is 0 Å². The van der Waals surface area contributed by atoms with Crippen LogP contribution >= 0.6 is 0 Å². The Hall–Kier alpha value is -5.36. The molecule has 45 heavy (non-hydrogen) atoms. The Morgan fingerprint density at radius 2 is 1.71 bits per heavy atom. The maximum absolute atomic E-state index is 14.9. The standard InChI is InChI=1S/C33H32FN7O4/c1-19-12-27(31(44-4)17-29(19)45-21-7-8-24-26(14-21)36-10-9-35-24)39-32-22-15-28(30(43-3)16-25(22)37-18-38-32)40-33(42)23(34)13-20-6-5-11-41(20)2/h7-10,12-18,20H,5-6,11H2,1-4H3,(H,40,42)(H,37,38,39)/b23-13+. The zero-order valence-electron chi connectivity index (χ0n) is 25.3. The third-order valence-electron chi connectivity index (χ3n) is 7.76. The molecule has 1 aliphatic heterocycles. The van der Waals surface area contributed by atoms with Crippen molar-refractivity contribution in [3.05, 3.63) is 78.7 Å². The van der Waals surface area contributed by atoms with E-state index in [4.69, 9.17) is 14.2 Å².